The fourth-order valence-corrected chi connectivity index (χ4v) is 2.13. The van der Waals surface area contributed by atoms with E-state index in [4.69, 9.17) is 5.26 Å². The first-order chi connectivity index (χ1) is 10.2. The molecule has 21 heavy (non-hydrogen) atoms. The SMILES string of the molecule is Cn1cnc2c(NCc3ccc(C#N)cc3F)nccc21. The summed E-state index contributed by atoms with van der Waals surface area (Å²) in [6, 6.07) is 8.20. The van der Waals surface area contributed by atoms with Crippen LogP contribution in [0.5, 0.6) is 0 Å². The Hall–Kier alpha value is -2.94. The van der Waals surface area contributed by atoms with E-state index in [-0.39, 0.29) is 6.54 Å². The standard InChI is InChI=1S/C15H12FN5/c1-21-9-20-14-13(21)4-5-18-15(14)19-8-11-3-2-10(7-17)6-12(11)16/h2-6,9H,8H2,1H3,(H,18,19). The summed E-state index contributed by atoms with van der Waals surface area (Å²) in [5, 5.41) is 11.8. The molecule has 0 aliphatic rings. The quantitative estimate of drug-likeness (QED) is 0.801. The Morgan fingerprint density at radius 3 is 2.95 bits per heavy atom. The molecule has 104 valence electrons. The van der Waals surface area contributed by atoms with Gasteiger partial charge in [0.15, 0.2) is 5.82 Å². The van der Waals surface area contributed by atoms with Crippen molar-refractivity contribution in [2.75, 3.05) is 5.32 Å². The number of nitrogens with zero attached hydrogens (tertiary/aromatic N) is 4. The lowest BCUT2D eigenvalue weighted by atomic mass is 10.1. The molecular formula is C15H12FN5. The van der Waals surface area contributed by atoms with Gasteiger partial charge in [-0.1, -0.05) is 6.07 Å². The second-order valence-electron chi connectivity index (χ2n) is 4.65. The molecule has 0 fully saturated rings. The lowest BCUT2D eigenvalue weighted by Crippen LogP contribution is -2.04. The number of nitriles is 1. The van der Waals surface area contributed by atoms with Crippen molar-refractivity contribution in [3.63, 3.8) is 0 Å². The van der Waals surface area contributed by atoms with E-state index >= 15 is 0 Å². The molecule has 0 radical (unpaired) electrons. The number of pyridine rings is 1. The van der Waals surface area contributed by atoms with Crippen molar-refractivity contribution < 1.29 is 4.39 Å². The zero-order valence-corrected chi connectivity index (χ0v) is 11.3. The summed E-state index contributed by atoms with van der Waals surface area (Å²) >= 11 is 0. The van der Waals surface area contributed by atoms with Crippen LogP contribution in [-0.2, 0) is 13.6 Å². The average Bonchev–Trinajstić information content (AvgIpc) is 2.88. The maximum absolute atomic E-state index is 13.8. The van der Waals surface area contributed by atoms with E-state index in [2.05, 4.69) is 15.3 Å². The van der Waals surface area contributed by atoms with Crippen molar-refractivity contribution in [2.24, 2.45) is 7.05 Å². The number of aryl methyl sites for hydroxylation is 1. The first-order valence-corrected chi connectivity index (χ1v) is 6.37. The summed E-state index contributed by atoms with van der Waals surface area (Å²) in [6.45, 7) is 0.278. The molecule has 0 unspecified atom stereocenters. The summed E-state index contributed by atoms with van der Waals surface area (Å²) in [5.41, 5.74) is 2.48. The number of anilines is 1. The van der Waals surface area contributed by atoms with Gasteiger partial charge in [0.2, 0.25) is 0 Å². The molecule has 0 saturated heterocycles. The number of halogens is 1. The molecule has 0 atom stereocenters. The van der Waals surface area contributed by atoms with Crippen LogP contribution >= 0.6 is 0 Å². The predicted octanol–water partition coefficient (Wildman–Crippen LogP) is 2.59. The average molecular weight is 281 g/mol. The zero-order chi connectivity index (χ0) is 14.8. The minimum atomic E-state index is -0.408. The number of hydrogen-bond acceptors (Lipinski definition) is 4. The minimum Gasteiger partial charge on any atom is -0.364 e. The monoisotopic (exact) mass is 281 g/mol. The van der Waals surface area contributed by atoms with E-state index < -0.39 is 5.82 Å². The third kappa shape index (κ3) is 2.41. The number of benzene rings is 1. The number of aromatic nitrogens is 3. The first kappa shape index (κ1) is 13.1. The molecule has 0 amide bonds. The van der Waals surface area contributed by atoms with Gasteiger partial charge in [-0.05, 0) is 18.2 Å². The third-order valence-corrected chi connectivity index (χ3v) is 3.27. The molecule has 5 nitrogen and oxygen atoms in total. The molecule has 0 saturated carbocycles. The van der Waals surface area contributed by atoms with Gasteiger partial charge in [-0.15, -0.1) is 0 Å². The van der Waals surface area contributed by atoms with E-state index in [1.807, 2.05) is 23.8 Å². The van der Waals surface area contributed by atoms with Gasteiger partial charge in [0.05, 0.1) is 23.5 Å². The minimum absolute atomic E-state index is 0.278. The van der Waals surface area contributed by atoms with Gasteiger partial charge >= 0.3 is 0 Å². The van der Waals surface area contributed by atoms with Crippen molar-refractivity contribution in [1.82, 2.24) is 14.5 Å². The smallest absolute Gasteiger partial charge is 0.154 e. The van der Waals surface area contributed by atoms with Crippen LogP contribution < -0.4 is 5.32 Å². The van der Waals surface area contributed by atoms with Crippen molar-refractivity contribution in [1.29, 1.82) is 5.26 Å². The highest BCUT2D eigenvalue weighted by Crippen LogP contribution is 2.19. The molecule has 1 aromatic carbocycles. The van der Waals surface area contributed by atoms with Crippen molar-refractivity contribution >= 4 is 16.9 Å². The summed E-state index contributed by atoms with van der Waals surface area (Å²) in [7, 11) is 1.90. The highest BCUT2D eigenvalue weighted by molar-refractivity contribution is 5.85. The fraction of sp³-hybridized carbons (Fsp3) is 0.133. The Morgan fingerprint density at radius 1 is 1.33 bits per heavy atom. The Balaban J connectivity index is 1.85. The highest BCUT2D eigenvalue weighted by atomic mass is 19.1. The largest absolute Gasteiger partial charge is 0.364 e. The molecule has 2 aromatic heterocycles. The molecule has 0 bridgehead atoms. The molecule has 6 heteroatoms. The fourth-order valence-electron chi connectivity index (χ4n) is 2.13. The van der Waals surface area contributed by atoms with Crippen LogP contribution in [0, 0.1) is 17.1 Å². The number of imidazole rings is 1. The summed E-state index contributed by atoms with van der Waals surface area (Å²) in [5.74, 6) is 0.201. The van der Waals surface area contributed by atoms with Crippen LogP contribution in [0.2, 0.25) is 0 Å². The van der Waals surface area contributed by atoms with Crippen LogP contribution in [0.25, 0.3) is 11.0 Å². The van der Waals surface area contributed by atoms with Gasteiger partial charge in [-0.3, -0.25) is 0 Å². The molecule has 1 N–H and O–H groups in total. The zero-order valence-electron chi connectivity index (χ0n) is 11.3. The normalized spacial score (nSPS) is 10.5. The number of nitrogens with one attached hydrogen (secondary N) is 1. The summed E-state index contributed by atoms with van der Waals surface area (Å²) in [6.07, 6.45) is 3.39. The van der Waals surface area contributed by atoms with Crippen molar-refractivity contribution in [3.8, 4) is 6.07 Å². The molecule has 2 heterocycles. The Kier molecular flexibility index (Phi) is 3.24. The topological polar surface area (TPSA) is 66.5 Å². The molecular weight excluding hydrogens is 269 g/mol. The van der Waals surface area contributed by atoms with E-state index in [9.17, 15) is 4.39 Å². The van der Waals surface area contributed by atoms with Crippen molar-refractivity contribution in [3.05, 3.63) is 53.7 Å². The van der Waals surface area contributed by atoms with Crippen LogP contribution in [0.15, 0.2) is 36.8 Å². The lowest BCUT2D eigenvalue weighted by molar-refractivity contribution is 0.612. The second-order valence-corrected chi connectivity index (χ2v) is 4.65. The Labute approximate surface area is 120 Å². The van der Waals surface area contributed by atoms with Gasteiger partial charge in [0, 0.05) is 25.4 Å². The third-order valence-electron chi connectivity index (χ3n) is 3.27. The van der Waals surface area contributed by atoms with Gasteiger partial charge in [0.25, 0.3) is 0 Å². The predicted molar refractivity (Wildman–Crippen MR) is 77.0 cm³/mol. The van der Waals surface area contributed by atoms with Gasteiger partial charge in [-0.25, -0.2) is 14.4 Å². The van der Waals surface area contributed by atoms with E-state index in [0.29, 0.717) is 16.9 Å². The molecule has 0 aliphatic heterocycles. The van der Waals surface area contributed by atoms with Crippen molar-refractivity contribution in [2.45, 2.75) is 6.54 Å². The highest BCUT2D eigenvalue weighted by Gasteiger charge is 2.08. The second kappa shape index (κ2) is 5.21. The van der Waals surface area contributed by atoms with E-state index in [1.54, 1.807) is 24.7 Å². The first-order valence-electron chi connectivity index (χ1n) is 6.37. The summed E-state index contributed by atoms with van der Waals surface area (Å²) < 4.78 is 15.7. The van der Waals surface area contributed by atoms with E-state index in [1.165, 1.54) is 6.07 Å². The maximum Gasteiger partial charge on any atom is 0.154 e. The maximum atomic E-state index is 13.8. The Bertz CT molecular complexity index is 847. The van der Waals surface area contributed by atoms with Crippen LogP contribution in [-0.4, -0.2) is 14.5 Å². The van der Waals surface area contributed by atoms with Crippen LogP contribution in [0.3, 0.4) is 0 Å². The Morgan fingerprint density at radius 2 is 2.19 bits per heavy atom. The van der Waals surface area contributed by atoms with Gasteiger partial charge < -0.3 is 9.88 Å². The molecule has 0 aliphatic carbocycles. The number of rotatable bonds is 3. The van der Waals surface area contributed by atoms with Crippen LogP contribution in [0.4, 0.5) is 10.2 Å². The summed E-state index contributed by atoms with van der Waals surface area (Å²) in [4.78, 5) is 8.52. The van der Waals surface area contributed by atoms with Gasteiger partial charge in [-0.2, -0.15) is 5.26 Å². The molecule has 3 rings (SSSR count). The van der Waals surface area contributed by atoms with E-state index in [0.717, 1.165) is 11.0 Å². The number of hydrogen-bond donors (Lipinski definition) is 1. The molecule has 0 spiro atoms. The lowest BCUT2D eigenvalue weighted by Gasteiger charge is -2.07. The molecule has 3 aromatic rings. The number of fused-ring (bicyclic) bond motifs is 1. The van der Waals surface area contributed by atoms with Crippen LogP contribution in [0.1, 0.15) is 11.1 Å². The van der Waals surface area contributed by atoms with Gasteiger partial charge in [0.1, 0.15) is 11.3 Å².